The van der Waals surface area contributed by atoms with Crippen LogP contribution < -0.4 is 5.32 Å². The molecule has 2 amide bonds. The number of nitrogens with zero attached hydrogens (tertiary/aromatic N) is 1. The van der Waals surface area contributed by atoms with Crippen LogP contribution in [-0.2, 0) is 19.4 Å². The van der Waals surface area contributed by atoms with Gasteiger partial charge in [-0.3, -0.25) is 9.59 Å². The van der Waals surface area contributed by atoms with E-state index in [2.05, 4.69) is 5.32 Å². The molecular weight excluding hydrogens is 292 g/mol. The molecule has 0 aromatic heterocycles. The smallest absolute Gasteiger partial charge is 0.248 e. The lowest BCUT2D eigenvalue weighted by Crippen LogP contribution is -2.69. The zero-order valence-corrected chi connectivity index (χ0v) is 14.3. The molecule has 0 aromatic rings. The van der Waals surface area contributed by atoms with Crippen LogP contribution in [0, 0.1) is 5.92 Å². The molecule has 1 rings (SSSR count). The first-order chi connectivity index (χ1) is 9.52. The summed E-state index contributed by atoms with van der Waals surface area (Å²) in [7, 11) is -3.18. The molecule has 0 bridgehead atoms. The van der Waals surface area contributed by atoms with Crippen LogP contribution in [0.2, 0.25) is 0 Å². The summed E-state index contributed by atoms with van der Waals surface area (Å²) in [6.45, 7) is 8.85. The van der Waals surface area contributed by atoms with Gasteiger partial charge in [0.2, 0.25) is 11.8 Å². The number of piperazine rings is 1. The van der Waals surface area contributed by atoms with Gasteiger partial charge in [0.25, 0.3) is 0 Å². The SMILES string of the molecule is CCCS(=O)(=O)CCN1C(=O)C(C)(C)NC(=O)C1C(C)C. The van der Waals surface area contributed by atoms with E-state index in [1.54, 1.807) is 20.8 Å². The number of nitrogens with one attached hydrogen (secondary N) is 1. The van der Waals surface area contributed by atoms with Gasteiger partial charge in [0, 0.05) is 12.3 Å². The Balaban J connectivity index is 2.97. The molecule has 1 saturated heterocycles. The summed E-state index contributed by atoms with van der Waals surface area (Å²) in [6, 6.07) is -0.609. The predicted molar refractivity (Wildman–Crippen MR) is 81.5 cm³/mol. The number of rotatable bonds is 6. The lowest BCUT2D eigenvalue weighted by molar-refractivity contribution is -0.154. The van der Waals surface area contributed by atoms with Crippen LogP contribution in [0.25, 0.3) is 0 Å². The third-order valence-corrected chi connectivity index (χ3v) is 5.46. The quantitative estimate of drug-likeness (QED) is 0.776. The normalized spacial score (nSPS) is 22.6. The van der Waals surface area contributed by atoms with E-state index in [0.717, 1.165) is 0 Å². The van der Waals surface area contributed by atoms with Crippen molar-refractivity contribution in [3.8, 4) is 0 Å². The fraction of sp³-hybridized carbons (Fsp3) is 0.857. The molecule has 0 aromatic carbocycles. The third kappa shape index (κ3) is 4.18. The van der Waals surface area contributed by atoms with E-state index in [0.29, 0.717) is 6.42 Å². The Bertz CT molecular complexity index is 511. The molecule has 1 atom stereocenters. The van der Waals surface area contributed by atoms with E-state index in [9.17, 15) is 18.0 Å². The Morgan fingerprint density at radius 1 is 1.24 bits per heavy atom. The van der Waals surface area contributed by atoms with Crippen LogP contribution in [0.3, 0.4) is 0 Å². The van der Waals surface area contributed by atoms with E-state index in [4.69, 9.17) is 0 Å². The van der Waals surface area contributed by atoms with E-state index in [1.807, 2.05) is 13.8 Å². The minimum atomic E-state index is -3.18. The van der Waals surface area contributed by atoms with Crippen molar-refractivity contribution in [2.45, 2.75) is 52.6 Å². The average molecular weight is 318 g/mol. The Morgan fingerprint density at radius 2 is 1.81 bits per heavy atom. The van der Waals surface area contributed by atoms with Crippen LogP contribution >= 0.6 is 0 Å². The average Bonchev–Trinajstić information content (AvgIpc) is 2.30. The molecule has 1 aliphatic heterocycles. The number of amides is 2. The zero-order chi connectivity index (χ0) is 16.4. The summed E-state index contributed by atoms with van der Waals surface area (Å²) in [6.07, 6.45) is 0.551. The summed E-state index contributed by atoms with van der Waals surface area (Å²) in [5.41, 5.74) is -0.989. The van der Waals surface area contributed by atoms with E-state index in [-0.39, 0.29) is 35.8 Å². The zero-order valence-electron chi connectivity index (χ0n) is 13.5. The van der Waals surface area contributed by atoms with Crippen molar-refractivity contribution in [3.05, 3.63) is 0 Å². The van der Waals surface area contributed by atoms with Crippen molar-refractivity contribution in [1.82, 2.24) is 10.2 Å². The highest BCUT2D eigenvalue weighted by Gasteiger charge is 2.46. The Morgan fingerprint density at radius 3 is 2.29 bits per heavy atom. The maximum Gasteiger partial charge on any atom is 0.248 e. The maximum absolute atomic E-state index is 12.5. The second-order valence-electron chi connectivity index (χ2n) is 6.45. The van der Waals surface area contributed by atoms with Gasteiger partial charge in [0.15, 0.2) is 9.84 Å². The third-order valence-electron chi connectivity index (χ3n) is 3.63. The van der Waals surface area contributed by atoms with Crippen LogP contribution in [0.4, 0.5) is 0 Å². The summed E-state index contributed by atoms with van der Waals surface area (Å²) in [5, 5.41) is 2.71. The molecule has 6 nitrogen and oxygen atoms in total. The monoisotopic (exact) mass is 318 g/mol. The second-order valence-corrected chi connectivity index (χ2v) is 8.76. The van der Waals surface area contributed by atoms with Crippen molar-refractivity contribution in [1.29, 1.82) is 0 Å². The molecule has 122 valence electrons. The van der Waals surface area contributed by atoms with Gasteiger partial charge in [-0.25, -0.2) is 8.42 Å². The van der Waals surface area contributed by atoms with Gasteiger partial charge in [-0.05, 0) is 26.2 Å². The number of carbonyl (C=O) groups is 2. The van der Waals surface area contributed by atoms with E-state index >= 15 is 0 Å². The number of hydrogen-bond donors (Lipinski definition) is 1. The molecule has 1 heterocycles. The summed E-state index contributed by atoms with van der Waals surface area (Å²) in [4.78, 5) is 26.1. The van der Waals surface area contributed by atoms with Gasteiger partial charge in [-0.2, -0.15) is 0 Å². The van der Waals surface area contributed by atoms with Crippen molar-refractivity contribution >= 4 is 21.7 Å². The standard InChI is InChI=1S/C14H26N2O4S/c1-6-8-21(19,20)9-7-16-11(10(2)3)12(17)15-14(4,5)13(16)18/h10-11H,6-9H2,1-5H3,(H,15,17). The molecule has 0 radical (unpaired) electrons. The lowest BCUT2D eigenvalue weighted by atomic mass is 9.91. The molecule has 0 saturated carbocycles. The summed E-state index contributed by atoms with van der Waals surface area (Å²) < 4.78 is 23.7. The highest BCUT2D eigenvalue weighted by molar-refractivity contribution is 7.91. The summed E-state index contributed by atoms with van der Waals surface area (Å²) >= 11 is 0. The Kier molecular flexibility index (Phi) is 5.41. The molecule has 0 spiro atoms. The molecule has 1 fully saturated rings. The topological polar surface area (TPSA) is 83.6 Å². The Labute approximate surface area is 127 Å². The molecule has 1 aliphatic rings. The number of carbonyl (C=O) groups excluding carboxylic acids is 2. The molecule has 7 heteroatoms. The first kappa shape index (κ1) is 17.9. The van der Waals surface area contributed by atoms with E-state index in [1.165, 1.54) is 4.90 Å². The molecular formula is C14H26N2O4S. The number of sulfone groups is 1. The molecule has 21 heavy (non-hydrogen) atoms. The van der Waals surface area contributed by atoms with E-state index < -0.39 is 21.4 Å². The molecule has 1 N–H and O–H groups in total. The van der Waals surface area contributed by atoms with Crippen molar-refractivity contribution in [3.63, 3.8) is 0 Å². The molecule has 0 aliphatic carbocycles. The van der Waals surface area contributed by atoms with Gasteiger partial charge in [-0.15, -0.1) is 0 Å². The highest BCUT2D eigenvalue weighted by atomic mass is 32.2. The molecule has 1 unspecified atom stereocenters. The highest BCUT2D eigenvalue weighted by Crippen LogP contribution is 2.22. The fourth-order valence-corrected chi connectivity index (χ4v) is 3.92. The second kappa shape index (κ2) is 6.34. The van der Waals surface area contributed by atoms with Gasteiger partial charge < -0.3 is 10.2 Å². The van der Waals surface area contributed by atoms with Crippen molar-refractivity contribution in [2.75, 3.05) is 18.1 Å². The van der Waals surface area contributed by atoms with Gasteiger partial charge >= 0.3 is 0 Å². The predicted octanol–water partition coefficient (Wildman–Crippen LogP) is 0.573. The lowest BCUT2D eigenvalue weighted by Gasteiger charge is -2.44. The largest absolute Gasteiger partial charge is 0.340 e. The first-order valence-electron chi connectivity index (χ1n) is 7.35. The van der Waals surface area contributed by atoms with Crippen LogP contribution in [0.1, 0.15) is 41.0 Å². The number of hydrogen-bond acceptors (Lipinski definition) is 4. The Hall–Kier alpha value is -1.11. The van der Waals surface area contributed by atoms with Gasteiger partial charge in [0.1, 0.15) is 11.6 Å². The maximum atomic E-state index is 12.5. The van der Waals surface area contributed by atoms with Crippen LogP contribution in [0.5, 0.6) is 0 Å². The minimum absolute atomic E-state index is 0.0703. The van der Waals surface area contributed by atoms with Gasteiger partial charge in [0.05, 0.1) is 5.75 Å². The van der Waals surface area contributed by atoms with Crippen LogP contribution in [0.15, 0.2) is 0 Å². The van der Waals surface area contributed by atoms with Crippen molar-refractivity contribution in [2.24, 2.45) is 5.92 Å². The first-order valence-corrected chi connectivity index (χ1v) is 9.17. The minimum Gasteiger partial charge on any atom is -0.340 e. The fourth-order valence-electron chi connectivity index (χ4n) is 2.62. The van der Waals surface area contributed by atoms with Crippen molar-refractivity contribution < 1.29 is 18.0 Å². The van der Waals surface area contributed by atoms with Crippen LogP contribution in [-0.4, -0.2) is 54.8 Å². The van der Waals surface area contributed by atoms with Gasteiger partial charge in [-0.1, -0.05) is 20.8 Å². The summed E-state index contributed by atoms with van der Waals surface area (Å²) in [5.74, 6) is -0.509.